The van der Waals surface area contributed by atoms with Crippen LogP contribution in [0.15, 0.2) is 30.9 Å². The van der Waals surface area contributed by atoms with Crippen molar-refractivity contribution in [1.82, 2.24) is 4.90 Å². The van der Waals surface area contributed by atoms with Gasteiger partial charge < -0.3 is 19.6 Å². The highest BCUT2D eigenvalue weighted by molar-refractivity contribution is 5.89. The molecule has 2 atom stereocenters. The average Bonchev–Trinajstić information content (AvgIpc) is 2.86. The van der Waals surface area contributed by atoms with Crippen LogP contribution in [0.1, 0.15) is 49.0 Å². The van der Waals surface area contributed by atoms with Crippen molar-refractivity contribution in [1.29, 1.82) is 0 Å². The number of ether oxygens (including phenoxy) is 1. The highest BCUT2D eigenvalue weighted by Gasteiger charge is 2.43. The van der Waals surface area contributed by atoms with Crippen LogP contribution in [0, 0.1) is 0 Å². The normalized spacial score (nSPS) is 21.8. The van der Waals surface area contributed by atoms with Gasteiger partial charge in [0.1, 0.15) is 5.60 Å². The molecular formula is C20H26N2O4. The van der Waals surface area contributed by atoms with E-state index in [1.807, 2.05) is 32.9 Å². The highest BCUT2D eigenvalue weighted by atomic mass is 16.6. The maximum atomic E-state index is 12.5. The standard InChI is InChI=1S/C20H26N2O4/c1-5-9-22-16-7-6-13(18(23)24)11-14(16)15-12-21(10-8-17(15)22)19(25)26-20(2,3)4/h5-7,11,15,17H,1,8-10,12H2,2-4H3,(H,23,24). The van der Waals surface area contributed by atoms with E-state index in [-0.39, 0.29) is 23.6 Å². The van der Waals surface area contributed by atoms with Gasteiger partial charge in [-0.3, -0.25) is 0 Å². The molecule has 1 saturated heterocycles. The van der Waals surface area contributed by atoms with Crippen molar-refractivity contribution in [3.05, 3.63) is 42.0 Å². The minimum absolute atomic E-state index is 0.0746. The van der Waals surface area contributed by atoms with Gasteiger partial charge in [-0.05, 0) is 51.0 Å². The third-order valence-electron chi connectivity index (χ3n) is 4.94. The fourth-order valence-corrected chi connectivity index (χ4v) is 3.91. The van der Waals surface area contributed by atoms with Crippen LogP contribution in [0.25, 0.3) is 0 Å². The third-order valence-corrected chi connectivity index (χ3v) is 4.94. The minimum atomic E-state index is -0.939. The average molecular weight is 358 g/mol. The number of rotatable bonds is 3. The Hall–Kier alpha value is -2.50. The second kappa shape index (κ2) is 6.67. The number of nitrogens with zero attached hydrogens (tertiary/aromatic N) is 2. The van der Waals surface area contributed by atoms with Gasteiger partial charge in [0, 0.05) is 37.3 Å². The number of carboxylic acid groups (broad SMARTS) is 1. The number of amides is 1. The predicted molar refractivity (Wildman–Crippen MR) is 99.9 cm³/mol. The number of hydrogen-bond acceptors (Lipinski definition) is 4. The first kappa shape index (κ1) is 18.3. The zero-order valence-electron chi connectivity index (χ0n) is 15.6. The number of carbonyl (C=O) groups is 2. The van der Waals surface area contributed by atoms with Crippen molar-refractivity contribution in [2.45, 2.75) is 44.8 Å². The van der Waals surface area contributed by atoms with Crippen LogP contribution in [0.4, 0.5) is 10.5 Å². The fraction of sp³-hybridized carbons (Fsp3) is 0.500. The summed E-state index contributed by atoms with van der Waals surface area (Å²) in [5, 5.41) is 9.33. The van der Waals surface area contributed by atoms with E-state index in [0.717, 1.165) is 17.7 Å². The second-order valence-corrected chi connectivity index (χ2v) is 7.91. The summed E-state index contributed by atoms with van der Waals surface area (Å²) < 4.78 is 5.51. The monoisotopic (exact) mass is 358 g/mol. The zero-order valence-corrected chi connectivity index (χ0v) is 15.6. The lowest BCUT2D eigenvalue weighted by Crippen LogP contribution is -2.49. The number of piperidine rings is 1. The van der Waals surface area contributed by atoms with Crippen molar-refractivity contribution in [3.63, 3.8) is 0 Å². The summed E-state index contributed by atoms with van der Waals surface area (Å²) in [5.41, 5.74) is 1.77. The van der Waals surface area contributed by atoms with Gasteiger partial charge in [0.15, 0.2) is 0 Å². The molecule has 2 aliphatic rings. The van der Waals surface area contributed by atoms with Crippen LogP contribution in [-0.2, 0) is 4.74 Å². The van der Waals surface area contributed by atoms with Crippen molar-refractivity contribution < 1.29 is 19.4 Å². The van der Waals surface area contributed by atoms with Gasteiger partial charge in [-0.1, -0.05) is 6.08 Å². The minimum Gasteiger partial charge on any atom is -0.478 e. The second-order valence-electron chi connectivity index (χ2n) is 7.91. The number of hydrogen-bond donors (Lipinski definition) is 1. The van der Waals surface area contributed by atoms with E-state index in [4.69, 9.17) is 4.74 Å². The van der Waals surface area contributed by atoms with Gasteiger partial charge in [0.2, 0.25) is 0 Å². The number of carboxylic acids is 1. The Kier molecular flexibility index (Phi) is 4.69. The molecule has 0 spiro atoms. The summed E-state index contributed by atoms with van der Waals surface area (Å²) in [6, 6.07) is 5.50. The van der Waals surface area contributed by atoms with Crippen molar-refractivity contribution in [2.24, 2.45) is 0 Å². The molecule has 0 aliphatic carbocycles. The molecule has 2 unspecified atom stereocenters. The topological polar surface area (TPSA) is 70.1 Å². The molecule has 0 bridgehead atoms. The van der Waals surface area contributed by atoms with E-state index >= 15 is 0 Å². The maximum absolute atomic E-state index is 12.5. The van der Waals surface area contributed by atoms with E-state index < -0.39 is 11.6 Å². The first-order valence-corrected chi connectivity index (χ1v) is 8.94. The Balaban J connectivity index is 1.89. The molecule has 0 saturated carbocycles. The van der Waals surface area contributed by atoms with Crippen LogP contribution in [0.3, 0.4) is 0 Å². The van der Waals surface area contributed by atoms with Crippen LogP contribution >= 0.6 is 0 Å². The number of anilines is 1. The molecule has 26 heavy (non-hydrogen) atoms. The van der Waals surface area contributed by atoms with Gasteiger partial charge in [0.05, 0.1) is 5.56 Å². The Morgan fingerprint density at radius 2 is 2.12 bits per heavy atom. The first-order valence-electron chi connectivity index (χ1n) is 8.94. The van der Waals surface area contributed by atoms with Crippen LogP contribution in [0.2, 0.25) is 0 Å². The summed E-state index contributed by atoms with van der Waals surface area (Å²) in [6.45, 7) is 11.3. The molecule has 2 heterocycles. The largest absolute Gasteiger partial charge is 0.478 e. The molecule has 1 aromatic rings. The van der Waals surface area contributed by atoms with Gasteiger partial charge in [-0.2, -0.15) is 0 Å². The molecule has 0 aromatic heterocycles. The smallest absolute Gasteiger partial charge is 0.410 e. The van der Waals surface area contributed by atoms with Crippen molar-refractivity contribution in [2.75, 3.05) is 24.5 Å². The van der Waals surface area contributed by atoms with E-state index in [9.17, 15) is 14.7 Å². The number of likely N-dealkylation sites (tertiary alicyclic amines) is 1. The van der Waals surface area contributed by atoms with E-state index in [1.54, 1.807) is 17.0 Å². The summed E-state index contributed by atoms with van der Waals surface area (Å²) in [6.07, 6.45) is 2.36. The molecule has 0 radical (unpaired) electrons. The molecule has 2 aliphatic heterocycles. The SMILES string of the molecule is C=CCN1c2ccc(C(=O)O)cc2C2CN(C(=O)OC(C)(C)C)CCC21. The maximum Gasteiger partial charge on any atom is 0.410 e. The van der Waals surface area contributed by atoms with Crippen molar-refractivity contribution >= 4 is 17.7 Å². The highest BCUT2D eigenvalue weighted by Crippen LogP contribution is 2.45. The Labute approximate surface area is 154 Å². The Bertz CT molecular complexity index is 738. The predicted octanol–water partition coefficient (Wildman–Crippen LogP) is 3.48. The number of carbonyl (C=O) groups excluding carboxylic acids is 1. The fourth-order valence-electron chi connectivity index (χ4n) is 3.91. The molecule has 140 valence electrons. The van der Waals surface area contributed by atoms with E-state index in [1.165, 1.54) is 0 Å². The summed E-state index contributed by atoms with van der Waals surface area (Å²) in [4.78, 5) is 27.9. The molecule has 6 heteroatoms. The number of fused-ring (bicyclic) bond motifs is 3. The molecule has 1 N–H and O–H groups in total. The van der Waals surface area contributed by atoms with E-state index in [2.05, 4.69) is 11.5 Å². The molecular weight excluding hydrogens is 332 g/mol. The quantitative estimate of drug-likeness (QED) is 0.838. The van der Waals surface area contributed by atoms with E-state index in [0.29, 0.717) is 19.6 Å². The van der Waals surface area contributed by atoms with Crippen LogP contribution in [-0.4, -0.2) is 53.3 Å². The van der Waals surface area contributed by atoms with Gasteiger partial charge in [0.25, 0.3) is 0 Å². The van der Waals surface area contributed by atoms with Gasteiger partial charge in [-0.25, -0.2) is 9.59 Å². The lowest BCUT2D eigenvalue weighted by atomic mass is 9.88. The Morgan fingerprint density at radius 3 is 2.73 bits per heavy atom. The molecule has 6 nitrogen and oxygen atoms in total. The molecule has 1 aromatic carbocycles. The molecule has 3 rings (SSSR count). The number of benzene rings is 1. The van der Waals surface area contributed by atoms with Gasteiger partial charge >= 0.3 is 12.1 Å². The van der Waals surface area contributed by atoms with Crippen molar-refractivity contribution in [3.8, 4) is 0 Å². The van der Waals surface area contributed by atoms with Gasteiger partial charge in [-0.15, -0.1) is 6.58 Å². The molecule has 1 amide bonds. The van der Waals surface area contributed by atoms with Crippen LogP contribution in [0.5, 0.6) is 0 Å². The van der Waals surface area contributed by atoms with Crippen LogP contribution < -0.4 is 4.90 Å². The lowest BCUT2D eigenvalue weighted by Gasteiger charge is -2.39. The summed E-state index contributed by atoms with van der Waals surface area (Å²) in [5.74, 6) is -0.864. The third kappa shape index (κ3) is 3.41. The lowest BCUT2D eigenvalue weighted by molar-refractivity contribution is 0.0189. The first-order chi connectivity index (χ1) is 12.2. The summed E-state index contributed by atoms with van der Waals surface area (Å²) in [7, 11) is 0. The molecule has 1 fully saturated rings. The Morgan fingerprint density at radius 1 is 1.38 bits per heavy atom. The number of aromatic carboxylic acids is 1. The zero-order chi connectivity index (χ0) is 19.1. The summed E-state index contributed by atoms with van der Waals surface area (Å²) >= 11 is 0.